The van der Waals surface area contributed by atoms with E-state index < -0.39 is 17.5 Å². The highest BCUT2D eigenvalue weighted by Crippen LogP contribution is 2.35. The molecule has 1 aliphatic rings. The number of carbonyl (C=O) groups is 1. The Morgan fingerprint density at radius 1 is 0.947 bits per heavy atom. The predicted octanol–water partition coefficient (Wildman–Crippen LogP) is 6.42. The van der Waals surface area contributed by atoms with Gasteiger partial charge in [0.05, 0.1) is 22.0 Å². The molecule has 1 fully saturated rings. The fraction of sp³-hybridized carbons (Fsp3) is 0.241. The molecule has 38 heavy (non-hydrogen) atoms. The molecule has 0 unspecified atom stereocenters. The number of amides is 1. The number of para-hydroxylation sites is 1. The molecule has 0 spiro atoms. The number of benzene rings is 3. The van der Waals surface area contributed by atoms with Gasteiger partial charge in [0.25, 0.3) is 5.91 Å². The first-order valence-corrected chi connectivity index (χ1v) is 12.6. The van der Waals surface area contributed by atoms with E-state index in [1.807, 2.05) is 30.3 Å². The summed E-state index contributed by atoms with van der Waals surface area (Å²) in [5.41, 5.74) is 0.542. The zero-order valence-corrected chi connectivity index (χ0v) is 21.1. The van der Waals surface area contributed by atoms with Gasteiger partial charge in [0.15, 0.2) is 5.69 Å². The van der Waals surface area contributed by atoms with Crippen LogP contribution in [-0.2, 0) is 12.6 Å². The monoisotopic (exact) mass is 539 g/mol. The molecule has 1 saturated heterocycles. The zero-order chi connectivity index (χ0) is 26.9. The SMILES string of the molecule is O=C(c1ccc(-c2cc(C(F)(F)F)nn2-c2ccccc2Cl)cc1)N1CCC(O)(Cc2ccccc2)CC1. The van der Waals surface area contributed by atoms with Crippen LogP contribution in [0.3, 0.4) is 0 Å². The Bertz CT molecular complexity index is 1430. The lowest BCUT2D eigenvalue weighted by atomic mass is 9.85. The average Bonchev–Trinajstić information content (AvgIpc) is 3.36. The Hall–Kier alpha value is -3.62. The van der Waals surface area contributed by atoms with Crippen LogP contribution in [0.1, 0.15) is 34.5 Å². The minimum atomic E-state index is -4.63. The van der Waals surface area contributed by atoms with Gasteiger partial charge in [-0.2, -0.15) is 18.3 Å². The van der Waals surface area contributed by atoms with E-state index in [9.17, 15) is 23.1 Å². The number of aliphatic hydroxyl groups is 1. The summed E-state index contributed by atoms with van der Waals surface area (Å²) in [5, 5.41) is 15.1. The van der Waals surface area contributed by atoms with Crippen molar-refractivity contribution in [3.63, 3.8) is 0 Å². The Balaban J connectivity index is 1.34. The highest BCUT2D eigenvalue weighted by molar-refractivity contribution is 6.32. The molecule has 0 aliphatic carbocycles. The maximum atomic E-state index is 13.5. The van der Waals surface area contributed by atoms with Crippen molar-refractivity contribution in [2.45, 2.75) is 31.0 Å². The lowest BCUT2D eigenvalue weighted by molar-refractivity contribution is -0.141. The number of hydrogen-bond donors (Lipinski definition) is 1. The second-order valence-corrected chi connectivity index (χ2v) is 9.94. The summed E-state index contributed by atoms with van der Waals surface area (Å²) >= 11 is 6.25. The first kappa shape index (κ1) is 26.0. The maximum absolute atomic E-state index is 13.5. The van der Waals surface area contributed by atoms with E-state index in [0.717, 1.165) is 11.6 Å². The number of likely N-dealkylation sites (tertiary alicyclic amines) is 1. The molecule has 1 aromatic heterocycles. The minimum Gasteiger partial charge on any atom is -0.389 e. The number of aromatic nitrogens is 2. The molecule has 5 nitrogen and oxygen atoms in total. The molecule has 1 aliphatic heterocycles. The molecule has 0 bridgehead atoms. The van der Waals surface area contributed by atoms with E-state index in [-0.39, 0.29) is 16.6 Å². The highest BCUT2D eigenvalue weighted by atomic mass is 35.5. The number of alkyl halides is 3. The number of halogens is 4. The molecule has 9 heteroatoms. The van der Waals surface area contributed by atoms with Crippen molar-refractivity contribution in [2.75, 3.05) is 13.1 Å². The first-order chi connectivity index (χ1) is 18.1. The molecule has 4 aromatic rings. The third kappa shape index (κ3) is 5.47. The Labute approximate surface area is 223 Å². The van der Waals surface area contributed by atoms with Crippen molar-refractivity contribution in [2.24, 2.45) is 0 Å². The van der Waals surface area contributed by atoms with Crippen LogP contribution in [0.25, 0.3) is 16.9 Å². The summed E-state index contributed by atoms with van der Waals surface area (Å²) in [6, 6.07) is 23.7. The molecule has 2 heterocycles. The summed E-state index contributed by atoms with van der Waals surface area (Å²) in [4.78, 5) is 14.8. The second-order valence-electron chi connectivity index (χ2n) is 9.53. The van der Waals surface area contributed by atoms with Gasteiger partial charge in [-0.25, -0.2) is 4.68 Å². The smallest absolute Gasteiger partial charge is 0.389 e. The Morgan fingerprint density at radius 2 is 1.58 bits per heavy atom. The molecule has 3 aromatic carbocycles. The van der Waals surface area contributed by atoms with Gasteiger partial charge >= 0.3 is 6.18 Å². The van der Waals surface area contributed by atoms with Crippen molar-refractivity contribution >= 4 is 17.5 Å². The standard InChI is InChI=1S/C29H25ClF3N3O2/c30-23-8-4-5-9-24(23)36-25(18-26(34-36)29(31,32)33)21-10-12-22(13-11-21)27(37)35-16-14-28(38,15-17-35)19-20-6-2-1-3-7-20/h1-13,18,38H,14-17,19H2. The fourth-order valence-corrected chi connectivity index (χ4v) is 4.99. The van der Waals surface area contributed by atoms with Crippen molar-refractivity contribution in [1.29, 1.82) is 0 Å². The van der Waals surface area contributed by atoms with Gasteiger partial charge < -0.3 is 10.0 Å². The van der Waals surface area contributed by atoms with E-state index >= 15 is 0 Å². The summed E-state index contributed by atoms with van der Waals surface area (Å²) in [6.45, 7) is 0.830. The molecule has 196 valence electrons. The van der Waals surface area contributed by atoms with E-state index in [4.69, 9.17) is 11.6 Å². The molecule has 1 amide bonds. The molecular weight excluding hydrogens is 515 g/mol. The number of rotatable bonds is 5. The van der Waals surface area contributed by atoms with Crippen molar-refractivity contribution in [1.82, 2.24) is 14.7 Å². The van der Waals surface area contributed by atoms with Crippen LogP contribution in [0.15, 0.2) is 84.9 Å². The number of nitrogens with zero attached hydrogens (tertiary/aromatic N) is 3. The van der Waals surface area contributed by atoms with E-state index in [2.05, 4.69) is 5.10 Å². The molecule has 0 radical (unpaired) electrons. The predicted molar refractivity (Wildman–Crippen MR) is 139 cm³/mol. The van der Waals surface area contributed by atoms with Gasteiger partial charge in [-0.15, -0.1) is 0 Å². The third-order valence-corrected chi connectivity index (χ3v) is 7.19. The van der Waals surface area contributed by atoms with Crippen LogP contribution in [0.4, 0.5) is 13.2 Å². The lowest BCUT2D eigenvalue weighted by Gasteiger charge is -2.38. The lowest BCUT2D eigenvalue weighted by Crippen LogP contribution is -2.47. The van der Waals surface area contributed by atoms with Crippen molar-refractivity contribution in [3.05, 3.63) is 107 Å². The van der Waals surface area contributed by atoms with Gasteiger partial charge in [0.2, 0.25) is 0 Å². The van der Waals surface area contributed by atoms with Crippen LogP contribution in [0, 0.1) is 0 Å². The van der Waals surface area contributed by atoms with Crippen LogP contribution in [0.2, 0.25) is 5.02 Å². The fourth-order valence-electron chi connectivity index (χ4n) is 4.78. The number of hydrogen-bond acceptors (Lipinski definition) is 3. The van der Waals surface area contributed by atoms with Crippen LogP contribution in [0.5, 0.6) is 0 Å². The van der Waals surface area contributed by atoms with Gasteiger partial charge in [-0.1, -0.05) is 66.2 Å². The summed E-state index contributed by atoms with van der Waals surface area (Å²) < 4.78 is 41.6. The normalized spacial score (nSPS) is 15.4. The van der Waals surface area contributed by atoms with Crippen molar-refractivity contribution < 1.29 is 23.1 Å². The Kier molecular flexibility index (Phi) is 7.03. The third-order valence-electron chi connectivity index (χ3n) is 6.87. The second kappa shape index (κ2) is 10.3. The minimum absolute atomic E-state index is 0.186. The van der Waals surface area contributed by atoms with Crippen LogP contribution < -0.4 is 0 Å². The average molecular weight is 540 g/mol. The summed E-state index contributed by atoms with van der Waals surface area (Å²) in [6.07, 6.45) is -3.18. The van der Waals surface area contributed by atoms with E-state index in [1.54, 1.807) is 53.4 Å². The number of carbonyl (C=O) groups excluding carboxylic acids is 1. The van der Waals surface area contributed by atoms with Gasteiger partial charge in [0.1, 0.15) is 0 Å². The van der Waals surface area contributed by atoms with E-state index in [1.165, 1.54) is 4.68 Å². The van der Waals surface area contributed by atoms with E-state index in [0.29, 0.717) is 49.2 Å². The maximum Gasteiger partial charge on any atom is 0.435 e. The molecule has 5 rings (SSSR count). The van der Waals surface area contributed by atoms with Gasteiger partial charge in [0, 0.05) is 30.6 Å². The topological polar surface area (TPSA) is 58.4 Å². The largest absolute Gasteiger partial charge is 0.435 e. The highest BCUT2D eigenvalue weighted by Gasteiger charge is 2.36. The van der Waals surface area contributed by atoms with Crippen molar-refractivity contribution in [3.8, 4) is 16.9 Å². The van der Waals surface area contributed by atoms with Gasteiger partial charge in [-0.3, -0.25) is 4.79 Å². The van der Waals surface area contributed by atoms with Crippen LogP contribution >= 0.6 is 11.6 Å². The zero-order valence-electron chi connectivity index (χ0n) is 20.3. The summed E-state index contributed by atoms with van der Waals surface area (Å²) in [5.74, 6) is -0.186. The molecule has 1 N–H and O–H groups in total. The van der Waals surface area contributed by atoms with Crippen LogP contribution in [-0.4, -0.2) is 44.4 Å². The molecule has 0 atom stereocenters. The number of piperidine rings is 1. The first-order valence-electron chi connectivity index (χ1n) is 12.2. The van der Waals surface area contributed by atoms with Gasteiger partial charge in [-0.05, 0) is 48.7 Å². The molecular formula is C29H25ClF3N3O2. The quantitative estimate of drug-likeness (QED) is 0.318. The molecule has 0 saturated carbocycles. The summed E-state index contributed by atoms with van der Waals surface area (Å²) in [7, 11) is 0. The Morgan fingerprint density at radius 3 is 2.21 bits per heavy atom.